The van der Waals surface area contributed by atoms with Crippen LogP contribution in [0.15, 0.2) is 83.5 Å². The van der Waals surface area contributed by atoms with E-state index in [4.69, 9.17) is 0 Å². The van der Waals surface area contributed by atoms with Gasteiger partial charge in [-0.15, -0.1) is 0 Å². The van der Waals surface area contributed by atoms with E-state index in [-0.39, 0.29) is 5.41 Å². The predicted octanol–water partition coefficient (Wildman–Crippen LogP) is 7.42. The van der Waals surface area contributed by atoms with Gasteiger partial charge in [-0.05, 0) is 40.3 Å². The Bertz CT molecular complexity index is 1080. The molecule has 2 heteroatoms. The van der Waals surface area contributed by atoms with Gasteiger partial charge in [0.2, 0.25) is 0 Å². The number of nitrogens with zero attached hydrogens (tertiary/aromatic N) is 1. The summed E-state index contributed by atoms with van der Waals surface area (Å²) in [5.41, 5.74) is 6.66. The molecule has 0 aliphatic heterocycles. The second-order valence-electron chi connectivity index (χ2n) is 8.15. The summed E-state index contributed by atoms with van der Waals surface area (Å²) in [7, 11) is 0. The molecule has 0 bridgehead atoms. The Morgan fingerprint density at radius 1 is 0.852 bits per heavy atom. The van der Waals surface area contributed by atoms with Crippen LogP contribution in [0, 0.1) is 0 Å². The predicted molar refractivity (Wildman–Crippen MR) is 119 cm³/mol. The molecule has 0 aliphatic carbocycles. The molecule has 1 heterocycles. The smallest absolute Gasteiger partial charge is 0.0489 e. The quantitative estimate of drug-likeness (QED) is 0.326. The molecule has 0 saturated carbocycles. The van der Waals surface area contributed by atoms with Gasteiger partial charge in [-0.2, -0.15) is 0 Å². The topological polar surface area (TPSA) is 4.93 Å². The third-order valence-electron chi connectivity index (χ3n) is 5.09. The lowest BCUT2D eigenvalue weighted by molar-refractivity contribution is 0.590. The molecule has 0 spiro atoms. The van der Waals surface area contributed by atoms with Gasteiger partial charge >= 0.3 is 0 Å². The summed E-state index contributed by atoms with van der Waals surface area (Å²) < 4.78 is 3.47. The van der Waals surface area contributed by atoms with Crippen molar-refractivity contribution >= 4 is 26.8 Å². The van der Waals surface area contributed by atoms with E-state index in [9.17, 15) is 0 Å². The van der Waals surface area contributed by atoms with Crippen molar-refractivity contribution in [1.29, 1.82) is 0 Å². The normalized spacial score (nSPS) is 11.9. The Balaban J connectivity index is 1.78. The molecule has 0 unspecified atom stereocenters. The van der Waals surface area contributed by atoms with E-state index >= 15 is 0 Å². The van der Waals surface area contributed by atoms with E-state index in [1.807, 2.05) is 0 Å². The van der Waals surface area contributed by atoms with Crippen LogP contribution >= 0.6 is 15.9 Å². The molecule has 0 fully saturated rings. The fourth-order valence-corrected chi connectivity index (χ4v) is 4.04. The first kappa shape index (κ1) is 18.1. The number of fused-ring (bicyclic) bond motifs is 1. The molecule has 0 radical (unpaired) electrons. The molecule has 136 valence electrons. The molecular formula is C25H24BrN. The highest BCUT2D eigenvalue weighted by Gasteiger charge is 2.15. The van der Waals surface area contributed by atoms with E-state index in [2.05, 4.69) is 120 Å². The molecule has 4 rings (SSSR count). The Kier molecular flexibility index (Phi) is 4.69. The van der Waals surface area contributed by atoms with Crippen molar-refractivity contribution in [3.63, 3.8) is 0 Å². The van der Waals surface area contributed by atoms with Crippen LogP contribution in [-0.2, 0) is 12.0 Å². The lowest BCUT2D eigenvalue weighted by atomic mass is 9.86. The second-order valence-corrected chi connectivity index (χ2v) is 9.06. The molecule has 0 aliphatic rings. The first-order valence-corrected chi connectivity index (χ1v) is 10.1. The van der Waals surface area contributed by atoms with Crippen molar-refractivity contribution in [2.24, 2.45) is 0 Å². The minimum absolute atomic E-state index is 0.174. The average Bonchev–Trinajstić information content (AvgIpc) is 3.00. The first-order chi connectivity index (χ1) is 12.9. The van der Waals surface area contributed by atoms with Gasteiger partial charge in [-0.1, -0.05) is 91.3 Å². The standard InChI is InChI=1S/C25H24BrN/c1-25(2,3)20-13-11-19(12-14-20)23-17-27(24-10-5-4-9-22(23)24)16-18-7-6-8-21(26)15-18/h4-15,17H,16H2,1-3H3. The van der Waals surface area contributed by atoms with Crippen LogP contribution in [0.3, 0.4) is 0 Å². The summed E-state index contributed by atoms with van der Waals surface area (Å²) in [6, 6.07) is 26.2. The largest absolute Gasteiger partial charge is 0.342 e. The molecule has 0 saturated heterocycles. The van der Waals surface area contributed by atoms with Gasteiger partial charge in [0.1, 0.15) is 0 Å². The van der Waals surface area contributed by atoms with Crippen molar-refractivity contribution < 1.29 is 0 Å². The Labute approximate surface area is 169 Å². The second kappa shape index (κ2) is 7.01. The highest BCUT2D eigenvalue weighted by molar-refractivity contribution is 9.10. The molecule has 0 atom stereocenters. The van der Waals surface area contributed by atoms with Crippen molar-refractivity contribution in [2.75, 3.05) is 0 Å². The third-order valence-corrected chi connectivity index (χ3v) is 5.59. The number of aromatic nitrogens is 1. The fourth-order valence-electron chi connectivity index (χ4n) is 3.59. The van der Waals surface area contributed by atoms with Crippen LogP contribution in [0.25, 0.3) is 22.0 Å². The molecule has 0 N–H and O–H groups in total. The van der Waals surface area contributed by atoms with Crippen molar-refractivity contribution in [3.8, 4) is 11.1 Å². The Morgan fingerprint density at radius 3 is 2.30 bits per heavy atom. The number of rotatable bonds is 3. The van der Waals surface area contributed by atoms with Gasteiger partial charge in [0.25, 0.3) is 0 Å². The SMILES string of the molecule is CC(C)(C)c1ccc(-c2cn(Cc3cccc(Br)c3)c3ccccc23)cc1. The maximum atomic E-state index is 3.58. The fraction of sp³-hybridized carbons (Fsp3) is 0.200. The van der Waals surface area contributed by atoms with Crippen molar-refractivity contribution in [3.05, 3.63) is 94.6 Å². The molecular weight excluding hydrogens is 394 g/mol. The maximum absolute atomic E-state index is 3.58. The van der Waals surface area contributed by atoms with Crippen molar-refractivity contribution in [2.45, 2.75) is 32.7 Å². The van der Waals surface area contributed by atoms with Gasteiger partial charge in [-0.25, -0.2) is 0 Å². The van der Waals surface area contributed by atoms with Crippen LogP contribution < -0.4 is 0 Å². The summed E-state index contributed by atoms with van der Waals surface area (Å²) in [6.45, 7) is 7.63. The minimum Gasteiger partial charge on any atom is -0.342 e. The van der Waals surface area contributed by atoms with Gasteiger partial charge in [0, 0.05) is 33.7 Å². The van der Waals surface area contributed by atoms with E-state index in [1.54, 1.807) is 0 Å². The summed E-state index contributed by atoms with van der Waals surface area (Å²) in [5.74, 6) is 0. The van der Waals surface area contributed by atoms with Crippen LogP contribution in [-0.4, -0.2) is 4.57 Å². The lowest BCUT2D eigenvalue weighted by Gasteiger charge is -2.19. The van der Waals surface area contributed by atoms with Crippen LogP contribution in [0.5, 0.6) is 0 Å². The Hall–Kier alpha value is -2.32. The third kappa shape index (κ3) is 3.72. The molecule has 1 nitrogen and oxygen atoms in total. The van der Waals surface area contributed by atoms with Crippen LogP contribution in [0.4, 0.5) is 0 Å². The summed E-state index contributed by atoms with van der Waals surface area (Å²) in [5, 5.41) is 1.30. The number of hydrogen-bond donors (Lipinski definition) is 0. The molecule has 27 heavy (non-hydrogen) atoms. The zero-order valence-electron chi connectivity index (χ0n) is 16.0. The van der Waals surface area contributed by atoms with Crippen LogP contribution in [0.1, 0.15) is 31.9 Å². The number of halogens is 1. The molecule has 4 aromatic rings. The molecule has 0 amide bonds. The zero-order chi connectivity index (χ0) is 19.0. The van der Waals surface area contributed by atoms with Gasteiger partial charge in [0.15, 0.2) is 0 Å². The van der Waals surface area contributed by atoms with Crippen LogP contribution in [0.2, 0.25) is 0 Å². The summed E-state index contributed by atoms with van der Waals surface area (Å²) in [4.78, 5) is 0. The van der Waals surface area contributed by atoms with Gasteiger partial charge < -0.3 is 4.57 Å². The lowest BCUT2D eigenvalue weighted by Crippen LogP contribution is -2.10. The van der Waals surface area contributed by atoms with E-state index in [0.717, 1.165) is 11.0 Å². The number of benzene rings is 3. The summed E-state index contributed by atoms with van der Waals surface area (Å²) in [6.07, 6.45) is 2.29. The van der Waals surface area contributed by atoms with E-state index in [1.165, 1.54) is 33.2 Å². The van der Waals surface area contributed by atoms with Gasteiger partial charge in [0.05, 0.1) is 0 Å². The molecule has 3 aromatic carbocycles. The zero-order valence-corrected chi connectivity index (χ0v) is 17.6. The highest BCUT2D eigenvalue weighted by Crippen LogP contribution is 2.33. The number of hydrogen-bond acceptors (Lipinski definition) is 0. The van der Waals surface area contributed by atoms with Gasteiger partial charge in [-0.3, -0.25) is 0 Å². The van der Waals surface area contributed by atoms with Crippen molar-refractivity contribution in [1.82, 2.24) is 4.57 Å². The minimum atomic E-state index is 0.174. The first-order valence-electron chi connectivity index (χ1n) is 9.35. The van der Waals surface area contributed by atoms with E-state index in [0.29, 0.717) is 0 Å². The highest BCUT2D eigenvalue weighted by atomic mass is 79.9. The Morgan fingerprint density at radius 2 is 1.59 bits per heavy atom. The maximum Gasteiger partial charge on any atom is 0.0489 e. The monoisotopic (exact) mass is 417 g/mol. The molecule has 1 aromatic heterocycles. The summed E-state index contributed by atoms with van der Waals surface area (Å²) >= 11 is 3.58. The van der Waals surface area contributed by atoms with E-state index < -0.39 is 0 Å². The number of para-hydroxylation sites is 1. The average molecular weight is 418 g/mol.